The fourth-order valence-electron chi connectivity index (χ4n) is 2.36. The molecular weight excluding hydrogens is 352 g/mol. The lowest BCUT2D eigenvalue weighted by Gasteiger charge is -2.18. The smallest absolute Gasteiger partial charge is 0.321 e. The second-order valence-corrected chi connectivity index (χ2v) is 6.38. The van der Waals surface area contributed by atoms with Crippen LogP contribution in [0.4, 0.5) is 10.5 Å². The number of carbonyl (C=O) groups is 1. The van der Waals surface area contributed by atoms with E-state index in [1.54, 1.807) is 24.1 Å². The Kier molecular flexibility index (Phi) is 5.53. The summed E-state index contributed by atoms with van der Waals surface area (Å²) in [6.07, 6.45) is 0.495. The van der Waals surface area contributed by atoms with Gasteiger partial charge in [0.2, 0.25) is 0 Å². The summed E-state index contributed by atoms with van der Waals surface area (Å²) < 4.78 is 5.27. The largest absolute Gasteiger partial charge is 0.334 e. The topological polar surface area (TPSA) is 71.3 Å². The Hall–Kier alpha value is -2.86. The van der Waals surface area contributed by atoms with Gasteiger partial charge in [-0.25, -0.2) is 4.79 Å². The third-order valence-electron chi connectivity index (χ3n) is 3.95. The van der Waals surface area contributed by atoms with Gasteiger partial charge in [0, 0.05) is 36.3 Å². The predicted octanol–water partition coefficient (Wildman–Crippen LogP) is 4.40. The quantitative estimate of drug-likeness (QED) is 0.722. The summed E-state index contributed by atoms with van der Waals surface area (Å²) in [5.74, 6) is 1.03. The first-order valence-corrected chi connectivity index (χ1v) is 8.57. The minimum atomic E-state index is -0.220. The fourth-order valence-corrected chi connectivity index (χ4v) is 2.53. The van der Waals surface area contributed by atoms with Crippen molar-refractivity contribution in [2.45, 2.75) is 13.3 Å². The minimum absolute atomic E-state index is 0.220. The van der Waals surface area contributed by atoms with Gasteiger partial charge in [-0.2, -0.15) is 4.98 Å². The van der Waals surface area contributed by atoms with Crippen LogP contribution >= 0.6 is 11.6 Å². The van der Waals surface area contributed by atoms with Crippen LogP contribution in [-0.4, -0.2) is 34.7 Å². The monoisotopic (exact) mass is 370 g/mol. The molecule has 2 amide bonds. The van der Waals surface area contributed by atoms with E-state index >= 15 is 0 Å². The highest BCUT2D eigenvalue weighted by Gasteiger charge is 2.13. The SMILES string of the molecule is Cc1ccc(Cl)cc1NC(=O)N(C)CCc1noc(-c2ccccc2)n1. The van der Waals surface area contributed by atoms with Crippen LogP contribution in [0.2, 0.25) is 5.02 Å². The molecule has 2 aromatic carbocycles. The second-order valence-electron chi connectivity index (χ2n) is 5.94. The molecule has 0 bridgehead atoms. The number of rotatable bonds is 5. The normalized spacial score (nSPS) is 10.6. The Morgan fingerprint density at radius 1 is 1.23 bits per heavy atom. The molecule has 0 spiro atoms. The summed E-state index contributed by atoms with van der Waals surface area (Å²) in [7, 11) is 1.72. The molecule has 26 heavy (non-hydrogen) atoms. The number of aromatic nitrogens is 2. The average molecular weight is 371 g/mol. The zero-order chi connectivity index (χ0) is 18.5. The van der Waals surface area contributed by atoms with Crippen molar-refractivity contribution in [1.82, 2.24) is 15.0 Å². The average Bonchev–Trinajstić information content (AvgIpc) is 3.12. The summed E-state index contributed by atoms with van der Waals surface area (Å²) in [6, 6.07) is 14.7. The molecule has 134 valence electrons. The summed E-state index contributed by atoms with van der Waals surface area (Å²) >= 11 is 5.98. The van der Waals surface area contributed by atoms with E-state index in [0.29, 0.717) is 35.4 Å². The lowest BCUT2D eigenvalue weighted by Crippen LogP contribution is -2.33. The maximum absolute atomic E-state index is 12.3. The van der Waals surface area contributed by atoms with Crippen molar-refractivity contribution in [2.75, 3.05) is 18.9 Å². The van der Waals surface area contributed by atoms with E-state index in [-0.39, 0.29) is 6.03 Å². The molecule has 0 radical (unpaired) electrons. The van der Waals surface area contributed by atoms with Gasteiger partial charge in [0.25, 0.3) is 5.89 Å². The van der Waals surface area contributed by atoms with Gasteiger partial charge in [-0.15, -0.1) is 0 Å². The van der Waals surface area contributed by atoms with E-state index < -0.39 is 0 Å². The molecule has 3 aromatic rings. The predicted molar refractivity (Wildman–Crippen MR) is 101 cm³/mol. The van der Waals surface area contributed by atoms with Crippen molar-refractivity contribution in [2.24, 2.45) is 0 Å². The van der Waals surface area contributed by atoms with Crippen LogP contribution in [0.25, 0.3) is 11.5 Å². The first kappa shape index (κ1) is 17.9. The molecule has 0 aliphatic carbocycles. The van der Waals surface area contributed by atoms with Gasteiger partial charge in [0.05, 0.1) is 0 Å². The van der Waals surface area contributed by atoms with Crippen LogP contribution < -0.4 is 5.32 Å². The second kappa shape index (κ2) is 8.01. The van der Waals surface area contributed by atoms with Gasteiger partial charge in [-0.1, -0.05) is 41.0 Å². The molecule has 1 heterocycles. The van der Waals surface area contributed by atoms with Crippen molar-refractivity contribution in [3.63, 3.8) is 0 Å². The molecule has 0 saturated heterocycles. The van der Waals surface area contributed by atoms with Crippen LogP contribution in [0, 0.1) is 6.92 Å². The molecule has 0 aliphatic rings. The summed E-state index contributed by atoms with van der Waals surface area (Å²) in [6.45, 7) is 2.37. The summed E-state index contributed by atoms with van der Waals surface area (Å²) in [5, 5.41) is 7.41. The Labute approximate surface area is 156 Å². The maximum Gasteiger partial charge on any atom is 0.321 e. The molecule has 0 saturated carbocycles. The maximum atomic E-state index is 12.3. The van der Waals surface area contributed by atoms with Gasteiger partial charge < -0.3 is 14.7 Å². The number of benzene rings is 2. The third-order valence-corrected chi connectivity index (χ3v) is 4.18. The van der Waals surface area contributed by atoms with Crippen LogP contribution in [0.5, 0.6) is 0 Å². The molecule has 0 aliphatic heterocycles. The van der Waals surface area contributed by atoms with E-state index in [9.17, 15) is 4.79 Å². The molecule has 7 heteroatoms. The minimum Gasteiger partial charge on any atom is -0.334 e. The van der Waals surface area contributed by atoms with E-state index in [4.69, 9.17) is 16.1 Å². The van der Waals surface area contributed by atoms with Crippen molar-refractivity contribution >= 4 is 23.3 Å². The molecule has 6 nitrogen and oxygen atoms in total. The number of nitrogens with one attached hydrogen (secondary N) is 1. The fraction of sp³-hybridized carbons (Fsp3) is 0.211. The first-order valence-electron chi connectivity index (χ1n) is 8.19. The van der Waals surface area contributed by atoms with Crippen molar-refractivity contribution in [3.8, 4) is 11.5 Å². The summed E-state index contributed by atoms with van der Waals surface area (Å²) in [4.78, 5) is 18.3. The van der Waals surface area contributed by atoms with E-state index in [0.717, 1.165) is 11.1 Å². The first-order chi connectivity index (χ1) is 12.5. The Bertz CT molecular complexity index is 896. The molecule has 0 unspecified atom stereocenters. The van der Waals surface area contributed by atoms with Crippen LogP contribution in [0.1, 0.15) is 11.4 Å². The number of hydrogen-bond donors (Lipinski definition) is 1. The van der Waals surface area contributed by atoms with Gasteiger partial charge in [0.15, 0.2) is 5.82 Å². The van der Waals surface area contributed by atoms with Gasteiger partial charge in [-0.3, -0.25) is 0 Å². The molecule has 0 fully saturated rings. The third kappa shape index (κ3) is 4.40. The van der Waals surface area contributed by atoms with E-state index in [1.165, 1.54) is 0 Å². The number of nitrogens with zero attached hydrogens (tertiary/aromatic N) is 3. The Balaban J connectivity index is 1.57. The molecule has 0 atom stereocenters. The molecule has 1 aromatic heterocycles. The van der Waals surface area contributed by atoms with Crippen LogP contribution in [0.15, 0.2) is 53.1 Å². The number of amides is 2. The highest BCUT2D eigenvalue weighted by molar-refractivity contribution is 6.31. The zero-order valence-electron chi connectivity index (χ0n) is 14.6. The molecule has 1 N–H and O–H groups in total. The van der Waals surface area contributed by atoms with Crippen LogP contribution in [0.3, 0.4) is 0 Å². The number of hydrogen-bond acceptors (Lipinski definition) is 4. The number of urea groups is 1. The summed E-state index contributed by atoms with van der Waals surface area (Å²) in [5.41, 5.74) is 2.51. The van der Waals surface area contributed by atoms with Gasteiger partial charge in [0.1, 0.15) is 0 Å². The molecule has 3 rings (SSSR count). The van der Waals surface area contributed by atoms with Crippen molar-refractivity contribution in [3.05, 3.63) is 64.9 Å². The number of aryl methyl sites for hydroxylation is 1. The van der Waals surface area contributed by atoms with Gasteiger partial charge in [-0.05, 0) is 36.8 Å². The number of carbonyl (C=O) groups excluding carboxylic acids is 1. The van der Waals surface area contributed by atoms with E-state index in [2.05, 4.69) is 15.5 Å². The standard InChI is InChI=1S/C19H19ClN4O2/c1-13-8-9-15(20)12-16(13)21-19(25)24(2)11-10-17-22-18(26-23-17)14-6-4-3-5-7-14/h3-9,12H,10-11H2,1-2H3,(H,21,25). The van der Waals surface area contributed by atoms with Gasteiger partial charge >= 0.3 is 6.03 Å². The number of halogens is 1. The Morgan fingerprint density at radius 2 is 2.00 bits per heavy atom. The highest BCUT2D eigenvalue weighted by atomic mass is 35.5. The number of anilines is 1. The van der Waals surface area contributed by atoms with E-state index in [1.807, 2.05) is 43.3 Å². The molecular formula is C19H19ClN4O2. The van der Waals surface area contributed by atoms with Crippen molar-refractivity contribution < 1.29 is 9.32 Å². The van der Waals surface area contributed by atoms with Crippen molar-refractivity contribution in [1.29, 1.82) is 0 Å². The lowest BCUT2D eigenvalue weighted by atomic mass is 10.2. The zero-order valence-corrected chi connectivity index (χ0v) is 15.3. The number of likely N-dealkylation sites (N-methyl/N-ethyl adjacent to an activating group) is 1. The highest BCUT2D eigenvalue weighted by Crippen LogP contribution is 2.20. The Morgan fingerprint density at radius 3 is 2.77 bits per heavy atom. The lowest BCUT2D eigenvalue weighted by molar-refractivity contribution is 0.222. The van der Waals surface area contributed by atoms with Crippen LogP contribution in [-0.2, 0) is 6.42 Å².